The molecule has 0 aromatic heterocycles. The maximum Gasteiger partial charge on any atom is 0.231 e. The first-order valence-electron chi connectivity index (χ1n) is 8.35. The molecule has 146 valence electrons. The molecule has 1 unspecified atom stereocenters. The van der Waals surface area contributed by atoms with Crippen LogP contribution in [-0.4, -0.2) is 18.7 Å². The first-order chi connectivity index (χ1) is 12.1. The number of nitrogens with two attached hydrogens (primary N) is 2. The van der Waals surface area contributed by atoms with Gasteiger partial charge in [-0.05, 0) is 46.0 Å². The normalized spacial score (nSPS) is 11.2. The van der Waals surface area contributed by atoms with Gasteiger partial charge in [0.25, 0.3) is 0 Å². The lowest BCUT2D eigenvalue weighted by molar-refractivity contribution is -0.118. The standard InChI is InChI=1S/C16H18Cl2N2O.C3H8.CH5N/c1-9(2)8-13(20-10(3)4)15(16(19)21)14-11(17)6-5-7-12(14)18;1-3-2;1-2/h5-8,15H,3H2,1-2,4H3,(H2,19,21);3H2,1-2H3;2H2,1H3. The zero-order valence-corrected chi connectivity index (χ0v) is 18.1. The minimum Gasteiger partial charge on any atom is -0.369 e. The number of hydrogen-bond acceptors (Lipinski definition) is 3. The monoisotopic (exact) mass is 399 g/mol. The number of carbonyl (C=O) groups excluding carboxylic acids is 1. The van der Waals surface area contributed by atoms with Crippen LogP contribution < -0.4 is 11.5 Å². The lowest BCUT2D eigenvalue weighted by Gasteiger charge is -2.18. The largest absolute Gasteiger partial charge is 0.369 e. The summed E-state index contributed by atoms with van der Waals surface area (Å²) < 4.78 is 0. The number of aliphatic imine (C=N–C) groups is 1. The number of benzene rings is 1. The second-order valence-corrected chi connectivity index (χ2v) is 6.49. The molecule has 0 saturated heterocycles. The Kier molecular flexibility index (Phi) is 14.9. The van der Waals surface area contributed by atoms with Gasteiger partial charge in [0.1, 0.15) is 5.92 Å². The molecule has 1 amide bonds. The van der Waals surface area contributed by atoms with E-state index >= 15 is 0 Å². The summed E-state index contributed by atoms with van der Waals surface area (Å²) in [6.07, 6.45) is 3.03. The van der Waals surface area contributed by atoms with E-state index in [0.717, 1.165) is 5.57 Å². The number of allylic oxidation sites excluding steroid dienone is 3. The highest BCUT2D eigenvalue weighted by atomic mass is 35.5. The predicted octanol–water partition coefficient (Wildman–Crippen LogP) is 5.49. The summed E-state index contributed by atoms with van der Waals surface area (Å²) in [4.78, 5) is 16.3. The van der Waals surface area contributed by atoms with Crippen molar-refractivity contribution < 1.29 is 4.79 Å². The molecule has 4 N–H and O–H groups in total. The van der Waals surface area contributed by atoms with Crippen molar-refractivity contribution in [3.63, 3.8) is 0 Å². The van der Waals surface area contributed by atoms with Crippen LogP contribution in [0.5, 0.6) is 0 Å². The van der Waals surface area contributed by atoms with Crippen molar-refractivity contribution >= 4 is 34.8 Å². The second-order valence-electron chi connectivity index (χ2n) is 5.67. The van der Waals surface area contributed by atoms with E-state index in [1.165, 1.54) is 13.5 Å². The minimum atomic E-state index is -0.821. The number of halogens is 2. The average molecular weight is 400 g/mol. The molecular formula is C20H31Cl2N3O. The molecule has 0 aliphatic heterocycles. The Morgan fingerprint density at radius 3 is 1.92 bits per heavy atom. The van der Waals surface area contributed by atoms with Crippen molar-refractivity contribution in [2.24, 2.45) is 16.5 Å². The highest BCUT2D eigenvalue weighted by molar-refractivity contribution is 6.37. The van der Waals surface area contributed by atoms with Crippen molar-refractivity contribution in [1.29, 1.82) is 0 Å². The Morgan fingerprint density at radius 2 is 1.62 bits per heavy atom. The predicted molar refractivity (Wildman–Crippen MR) is 116 cm³/mol. The maximum atomic E-state index is 12.0. The fourth-order valence-corrected chi connectivity index (χ4v) is 2.53. The van der Waals surface area contributed by atoms with Crippen LogP contribution in [0.25, 0.3) is 0 Å². The van der Waals surface area contributed by atoms with Gasteiger partial charge < -0.3 is 11.5 Å². The van der Waals surface area contributed by atoms with E-state index in [0.29, 0.717) is 27.0 Å². The Balaban J connectivity index is 0. The number of carbonyl (C=O) groups is 1. The van der Waals surface area contributed by atoms with E-state index in [9.17, 15) is 4.79 Å². The highest BCUT2D eigenvalue weighted by Crippen LogP contribution is 2.33. The van der Waals surface area contributed by atoms with Crippen molar-refractivity contribution in [2.75, 3.05) is 7.05 Å². The van der Waals surface area contributed by atoms with Crippen molar-refractivity contribution in [1.82, 2.24) is 0 Å². The fourth-order valence-electron chi connectivity index (χ4n) is 1.92. The van der Waals surface area contributed by atoms with Gasteiger partial charge in [0.05, 0.1) is 5.71 Å². The summed E-state index contributed by atoms with van der Waals surface area (Å²) in [6, 6.07) is 5.04. The summed E-state index contributed by atoms with van der Waals surface area (Å²) in [5.74, 6) is -1.39. The number of rotatable bonds is 5. The zero-order chi connectivity index (χ0) is 20.9. The number of hydrogen-bond donors (Lipinski definition) is 2. The fraction of sp³-hybridized carbons (Fsp3) is 0.400. The highest BCUT2D eigenvalue weighted by Gasteiger charge is 2.27. The molecule has 0 radical (unpaired) electrons. The lowest BCUT2D eigenvalue weighted by Crippen LogP contribution is -2.28. The van der Waals surface area contributed by atoms with Gasteiger partial charge in [-0.25, -0.2) is 0 Å². The molecule has 0 bridgehead atoms. The lowest BCUT2D eigenvalue weighted by atomic mass is 9.91. The zero-order valence-electron chi connectivity index (χ0n) is 16.6. The Hall–Kier alpha value is -1.62. The molecular weight excluding hydrogens is 369 g/mol. The van der Waals surface area contributed by atoms with Crippen LogP contribution in [-0.2, 0) is 4.79 Å². The molecule has 0 spiro atoms. The van der Waals surface area contributed by atoms with Crippen LogP contribution in [0.4, 0.5) is 0 Å². The van der Waals surface area contributed by atoms with Gasteiger partial charge in [-0.3, -0.25) is 9.79 Å². The summed E-state index contributed by atoms with van der Waals surface area (Å²) >= 11 is 12.4. The second kappa shape index (κ2) is 14.5. The number of nitrogens with zero attached hydrogens (tertiary/aromatic N) is 1. The number of primary amides is 1. The minimum absolute atomic E-state index is 0.378. The third kappa shape index (κ3) is 9.76. The summed E-state index contributed by atoms with van der Waals surface area (Å²) in [6.45, 7) is 13.5. The van der Waals surface area contributed by atoms with E-state index in [1.807, 2.05) is 13.8 Å². The third-order valence-electron chi connectivity index (χ3n) is 2.63. The molecule has 4 nitrogen and oxygen atoms in total. The quantitative estimate of drug-likeness (QED) is 0.641. The van der Waals surface area contributed by atoms with Gasteiger partial charge in [0.2, 0.25) is 5.91 Å². The van der Waals surface area contributed by atoms with Crippen molar-refractivity contribution in [3.8, 4) is 0 Å². The molecule has 1 aromatic carbocycles. The average Bonchev–Trinajstić information content (AvgIpc) is 2.52. The first-order valence-corrected chi connectivity index (χ1v) is 9.11. The molecule has 0 saturated carbocycles. The van der Waals surface area contributed by atoms with E-state index in [-0.39, 0.29) is 0 Å². The molecule has 6 heteroatoms. The summed E-state index contributed by atoms with van der Waals surface area (Å²) in [5, 5.41) is 0.755. The molecule has 0 heterocycles. The van der Waals surface area contributed by atoms with Crippen LogP contribution >= 0.6 is 23.2 Å². The smallest absolute Gasteiger partial charge is 0.231 e. The van der Waals surface area contributed by atoms with Crippen LogP contribution in [0, 0.1) is 0 Å². The Morgan fingerprint density at radius 1 is 1.19 bits per heavy atom. The molecule has 26 heavy (non-hydrogen) atoms. The van der Waals surface area contributed by atoms with Crippen LogP contribution in [0.15, 0.2) is 47.1 Å². The molecule has 1 aromatic rings. The van der Waals surface area contributed by atoms with Gasteiger partial charge in [0.15, 0.2) is 0 Å². The Labute approximate surface area is 168 Å². The third-order valence-corrected chi connectivity index (χ3v) is 3.28. The van der Waals surface area contributed by atoms with Gasteiger partial charge >= 0.3 is 0 Å². The summed E-state index contributed by atoms with van der Waals surface area (Å²) in [7, 11) is 1.50. The van der Waals surface area contributed by atoms with Gasteiger partial charge in [-0.1, -0.05) is 61.7 Å². The number of amides is 1. The first kappa shape index (κ1) is 26.6. The molecule has 0 aliphatic rings. The van der Waals surface area contributed by atoms with Crippen LogP contribution in [0.3, 0.4) is 0 Å². The van der Waals surface area contributed by atoms with Crippen molar-refractivity contribution in [3.05, 3.63) is 57.7 Å². The van der Waals surface area contributed by atoms with Gasteiger partial charge in [-0.2, -0.15) is 0 Å². The van der Waals surface area contributed by atoms with E-state index < -0.39 is 11.8 Å². The topological polar surface area (TPSA) is 81.5 Å². The van der Waals surface area contributed by atoms with Crippen molar-refractivity contribution in [2.45, 2.75) is 47.0 Å². The van der Waals surface area contributed by atoms with Crippen LogP contribution in [0.2, 0.25) is 10.0 Å². The Bertz CT molecular complexity index is 628. The summed E-state index contributed by atoms with van der Waals surface area (Å²) in [5.41, 5.74) is 12.5. The molecule has 1 atom stereocenters. The van der Waals surface area contributed by atoms with E-state index in [2.05, 4.69) is 31.2 Å². The van der Waals surface area contributed by atoms with E-state index in [4.69, 9.17) is 28.9 Å². The van der Waals surface area contributed by atoms with Gasteiger partial charge in [0, 0.05) is 21.3 Å². The van der Waals surface area contributed by atoms with Crippen LogP contribution in [0.1, 0.15) is 52.5 Å². The SMILES string of the molecule is C=C(C)N=C(C=C(C)C)C(C(N)=O)c1c(Cl)cccc1Cl.CCC.CN. The van der Waals surface area contributed by atoms with Gasteiger partial charge in [-0.15, -0.1) is 0 Å². The molecule has 0 aliphatic carbocycles. The molecule has 1 rings (SSSR count). The van der Waals surface area contributed by atoms with E-state index in [1.54, 1.807) is 31.2 Å². The molecule has 0 fully saturated rings. The maximum absolute atomic E-state index is 12.0.